The zero-order valence-electron chi connectivity index (χ0n) is 8.08. The first-order valence-corrected chi connectivity index (χ1v) is 5.05. The molecule has 7 heteroatoms. The highest BCUT2D eigenvalue weighted by Gasteiger charge is 1.94. The molecule has 1 aromatic carbocycles. The van der Waals surface area contributed by atoms with Gasteiger partial charge < -0.3 is 10.8 Å². The van der Waals surface area contributed by atoms with E-state index in [2.05, 4.69) is 16.8 Å². The number of thiazole rings is 1. The fourth-order valence-corrected chi connectivity index (χ4v) is 1.59. The van der Waals surface area contributed by atoms with Crippen molar-refractivity contribution < 1.29 is 14.7 Å². The second kappa shape index (κ2) is 5.66. The van der Waals surface area contributed by atoms with Gasteiger partial charge in [0.15, 0.2) is 0 Å². The van der Waals surface area contributed by atoms with Crippen LogP contribution in [0.4, 0.5) is 9.59 Å². The van der Waals surface area contributed by atoms with E-state index in [0.29, 0.717) is 0 Å². The van der Waals surface area contributed by atoms with Crippen LogP contribution in [-0.4, -0.2) is 22.2 Å². The molecule has 3 amide bonds. The number of nitrogens with zero attached hydrogens (tertiary/aromatic N) is 1. The molecule has 0 fully saturated rings. The lowest BCUT2D eigenvalue weighted by atomic mass is 10.3. The summed E-state index contributed by atoms with van der Waals surface area (Å²) in [5.41, 5.74) is 7.33. The molecular weight excluding hydrogens is 230 g/mol. The molecule has 0 radical (unpaired) electrons. The van der Waals surface area contributed by atoms with Crippen molar-refractivity contribution in [2.45, 2.75) is 0 Å². The predicted molar refractivity (Wildman–Crippen MR) is 60.4 cm³/mol. The summed E-state index contributed by atoms with van der Waals surface area (Å²) in [4.78, 5) is 23.1. The molecule has 6 nitrogen and oxygen atoms in total. The molecule has 0 spiro atoms. The summed E-state index contributed by atoms with van der Waals surface area (Å²) in [6.07, 6.45) is -1.44. The highest BCUT2D eigenvalue weighted by molar-refractivity contribution is 7.16. The summed E-state index contributed by atoms with van der Waals surface area (Å²) < 4.78 is 1.26. The molecule has 2 rings (SSSR count). The van der Waals surface area contributed by atoms with Crippen molar-refractivity contribution in [3.63, 3.8) is 0 Å². The molecule has 0 atom stereocenters. The minimum atomic E-state index is -1.44. The average Bonchev–Trinajstić information content (AvgIpc) is 2.63. The third-order valence-electron chi connectivity index (χ3n) is 1.47. The number of carbonyl (C=O) groups is 2. The van der Waals surface area contributed by atoms with Crippen molar-refractivity contribution >= 4 is 33.7 Å². The first-order valence-electron chi connectivity index (χ1n) is 4.17. The van der Waals surface area contributed by atoms with E-state index in [1.54, 1.807) is 11.3 Å². The van der Waals surface area contributed by atoms with Gasteiger partial charge in [-0.1, -0.05) is 12.1 Å². The zero-order chi connectivity index (χ0) is 12.0. The van der Waals surface area contributed by atoms with E-state index in [9.17, 15) is 9.59 Å². The molecule has 0 bridgehead atoms. The summed E-state index contributed by atoms with van der Waals surface area (Å²) in [7, 11) is 0. The average molecular weight is 239 g/mol. The van der Waals surface area contributed by atoms with Gasteiger partial charge in [0.25, 0.3) is 0 Å². The van der Waals surface area contributed by atoms with Crippen LogP contribution in [0, 0.1) is 0 Å². The molecule has 1 aromatic heterocycles. The minimum absolute atomic E-state index is 1.06. The van der Waals surface area contributed by atoms with E-state index >= 15 is 0 Å². The third kappa shape index (κ3) is 3.93. The second-order valence-corrected chi connectivity index (χ2v) is 3.50. The summed E-state index contributed by atoms with van der Waals surface area (Å²) in [6, 6.07) is 7.06. The van der Waals surface area contributed by atoms with Gasteiger partial charge in [0, 0.05) is 0 Å². The smallest absolute Gasteiger partial charge is 0.412 e. The van der Waals surface area contributed by atoms with Crippen LogP contribution < -0.4 is 11.1 Å². The number of hydrogen-bond acceptors (Lipinski definition) is 4. The van der Waals surface area contributed by atoms with Crippen molar-refractivity contribution in [1.29, 1.82) is 0 Å². The van der Waals surface area contributed by atoms with Gasteiger partial charge in [0.2, 0.25) is 0 Å². The van der Waals surface area contributed by atoms with Crippen LogP contribution in [0.25, 0.3) is 10.2 Å². The normalized spacial score (nSPS) is 9.00. The number of carboxylic acid groups (broad SMARTS) is 1. The molecule has 0 saturated carbocycles. The van der Waals surface area contributed by atoms with Crippen molar-refractivity contribution in [3.05, 3.63) is 29.8 Å². The Bertz CT molecular complexity index is 455. The highest BCUT2D eigenvalue weighted by Crippen LogP contribution is 2.15. The van der Waals surface area contributed by atoms with Crippen LogP contribution in [0.1, 0.15) is 0 Å². The Labute approximate surface area is 94.7 Å². The summed E-state index contributed by atoms with van der Waals surface area (Å²) in [5, 5.41) is 9.03. The van der Waals surface area contributed by atoms with Crippen molar-refractivity contribution in [3.8, 4) is 0 Å². The Morgan fingerprint density at radius 1 is 1.38 bits per heavy atom. The number of para-hydroxylation sites is 1. The monoisotopic (exact) mass is 239 g/mol. The molecule has 16 heavy (non-hydrogen) atoms. The van der Waals surface area contributed by atoms with Gasteiger partial charge in [-0.05, 0) is 12.1 Å². The SMILES string of the molecule is NC(=O)NC(=O)O.c1ccc2scnc2c1. The van der Waals surface area contributed by atoms with Crippen LogP contribution >= 0.6 is 11.3 Å². The lowest BCUT2D eigenvalue weighted by Gasteiger charge is -1.86. The maximum atomic E-state index is 9.54. The second-order valence-electron chi connectivity index (χ2n) is 2.61. The highest BCUT2D eigenvalue weighted by atomic mass is 32.1. The van der Waals surface area contributed by atoms with Gasteiger partial charge >= 0.3 is 12.1 Å². The number of rotatable bonds is 0. The molecule has 84 valence electrons. The van der Waals surface area contributed by atoms with E-state index in [1.807, 2.05) is 23.7 Å². The minimum Gasteiger partial charge on any atom is -0.465 e. The Morgan fingerprint density at radius 2 is 2.06 bits per heavy atom. The standard InChI is InChI=1S/C7H5NS.C2H4N2O3/c1-2-4-7-6(3-1)8-5-9-7;3-1(5)4-2(6)7/h1-5H;(H,6,7)(H3,3,4,5). The third-order valence-corrected chi connectivity index (χ3v) is 2.28. The summed E-state index contributed by atoms with van der Waals surface area (Å²) in [5.74, 6) is 0. The fraction of sp³-hybridized carbons (Fsp3) is 0. The van der Waals surface area contributed by atoms with Gasteiger partial charge in [-0.25, -0.2) is 19.9 Å². The lowest BCUT2D eigenvalue weighted by molar-refractivity contribution is 0.193. The largest absolute Gasteiger partial charge is 0.465 e. The first-order chi connectivity index (χ1) is 7.59. The van der Waals surface area contributed by atoms with Gasteiger partial charge in [-0.2, -0.15) is 0 Å². The maximum Gasteiger partial charge on any atom is 0.412 e. The van der Waals surface area contributed by atoms with E-state index in [1.165, 1.54) is 10.0 Å². The molecule has 0 unspecified atom stereocenters. The van der Waals surface area contributed by atoms with Crippen LogP contribution in [0.5, 0.6) is 0 Å². The van der Waals surface area contributed by atoms with Crippen LogP contribution in [0.15, 0.2) is 29.8 Å². The number of benzene rings is 1. The van der Waals surface area contributed by atoms with Crippen molar-refractivity contribution in [1.82, 2.24) is 10.3 Å². The van der Waals surface area contributed by atoms with Crippen LogP contribution in [-0.2, 0) is 0 Å². The first kappa shape index (κ1) is 11.9. The van der Waals surface area contributed by atoms with Gasteiger partial charge in [-0.15, -0.1) is 11.3 Å². The number of fused-ring (bicyclic) bond motifs is 1. The predicted octanol–water partition coefficient (Wildman–Crippen LogP) is 1.63. The molecule has 0 aliphatic carbocycles. The topological polar surface area (TPSA) is 105 Å². The Kier molecular flexibility index (Phi) is 4.22. The molecule has 1 heterocycles. The van der Waals surface area contributed by atoms with Gasteiger partial charge in [0.05, 0.1) is 15.7 Å². The molecule has 0 saturated heterocycles. The number of aromatic nitrogens is 1. The number of carbonyl (C=O) groups excluding carboxylic acids is 1. The lowest BCUT2D eigenvalue weighted by Crippen LogP contribution is -2.33. The Morgan fingerprint density at radius 3 is 2.56 bits per heavy atom. The number of nitrogens with two attached hydrogens (primary N) is 1. The number of nitrogens with one attached hydrogen (secondary N) is 1. The van der Waals surface area contributed by atoms with Crippen LogP contribution in [0.3, 0.4) is 0 Å². The molecular formula is C9H9N3O3S. The fourth-order valence-electron chi connectivity index (χ4n) is 0.909. The number of primary amides is 1. The number of imide groups is 1. The van der Waals surface area contributed by atoms with E-state index in [0.717, 1.165) is 5.52 Å². The van der Waals surface area contributed by atoms with Gasteiger partial charge in [-0.3, -0.25) is 0 Å². The molecule has 0 aliphatic heterocycles. The Balaban J connectivity index is 0.000000168. The van der Waals surface area contributed by atoms with Crippen LogP contribution in [0.2, 0.25) is 0 Å². The van der Waals surface area contributed by atoms with Crippen molar-refractivity contribution in [2.75, 3.05) is 0 Å². The Hall–Kier alpha value is -2.15. The quantitative estimate of drug-likeness (QED) is 0.649. The molecule has 2 aromatic rings. The molecule has 4 N–H and O–H groups in total. The maximum absolute atomic E-state index is 9.54. The number of hydrogen-bond donors (Lipinski definition) is 3. The van der Waals surface area contributed by atoms with E-state index in [-0.39, 0.29) is 0 Å². The number of urea groups is 1. The van der Waals surface area contributed by atoms with E-state index in [4.69, 9.17) is 5.11 Å². The summed E-state index contributed by atoms with van der Waals surface area (Å²) in [6.45, 7) is 0. The van der Waals surface area contributed by atoms with Crippen molar-refractivity contribution in [2.24, 2.45) is 5.73 Å². The summed E-state index contributed by atoms with van der Waals surface area (Å²) >= 11 is 1.68. The van der Waals surface area contributed by atoms with E-state index < -0.39 is 12.1 Å². The number of amides is 3. The molecule has 0 aliphatic rings. The zero-order valence-corrected chi connectivity index (χ0v) is 8.90. The van der Waals surface area contributed by atoms with Gasteiger partial charge in [0.1, 0.15) is 0 Å².